The highest BCUT2D eigenvalue weighted by atomic mass is 16.4. The van der Waals surface area contributed by atoms with E-state index in [4.69, 9.17) is 10.9 Å². The highest BCUT2D eigenvalue weighted by Crippen LogP contribution is 2.27. The topological polar surface area (TPSA) is 87.7 Å². The quantitative estimate of drug-likeness (QED) is 0.230. The van der Waals surface area contributed by atoms with Crippen LogP contribution in [0.2, 0.25) is 0 Å². The third kappa shape index (κ3) is 3.61. The van der Waals surface area contributed by atoms with Crippen LogP contribution in [-0.2, 0) is 4.79 Å². The Morgan fingerprint density at radius 2 is 1.94 bits per heavy atom. The molecule has 1 rings (SSSR count). The summed E-state index contributed by atoms with van der Waals surface area (Å²) in [6.07, 6.45) is 7.11. The number of hydrogen-bond acceptors (Lipinski definition) is 3. The first-order valence-electron chi connectivity index (χ1n) is 6.43. The summed E-state index contributed by atoms with van der Waals surface area (Å²) in [5.74, 6) is 0.129. The van der Waals surface area contributed by atoms with Gasteiger partial charge in [0.1, 0.15) is 5.54 Å². The lowest BCUT2D eigenvalue weighted by atomic mass is 9.88. The first-order valence-corrected chi connectivity index (χ1v) is 6.43. The third-order valence-corrected chi connectivity index (χ3v) is 3.41. The summed E-state index contributed by atoms with van der Waals surface area (Å²) in [5, 5.41) is 15.0. The second-order valence-electron chi connectivity index (χ2n) is 4.78. The van der Waals surface area contributed by atoms with Gasteiger partial charge in [0, 0.05) is 6.42 Å². The van der Waals surface area contributed by atoms with Gasteiger partial charge in [0.25, 0.3) is 0 Å². The Morgan fingerprint density at radius 1 is 1.35 bits per heavy atom. The summed E-state index contributed by atoms with van der Waals surface area (Å²) in [5.41, 5.74) is 5.15. The Morgan fingerprint density at radius 3 is 2.41 bits per heavy atom. The maximum absolute atomic E-state index is 11.7. The minimum Gasteiger partial charge on any atom is -0.409 e. The van der Waals surface area contributed by atoms with Crippen LogP contribution in [0.1, 0.15) is 58.3 Å². The first-order chi connectivity index (χ1) is 8.14. The molecule has 0 bridgehead atoms. The normalized spacial score (nSPS) is 20.6. The number of amidine groups is 1. The average Bonchev–Trinajstić information content (AvgIpc) is 2.55. The minimum absolute atomic E-state index is 0.0130. The molecule has 0 spiro atoms. The van der Waals surface area contributed by atoms with Gasteiger partial charge in [0.2, 0.25) is 5.91 Å². The number of nitrogens with one attached hydrogen (secondary N) is 1. The summed E-state index contributed by atoms with van der Waals surface area (Å²) < 4.78 is 0. The predicted octanol–water partition coefficient (Wildman–Crippen LogP) is 1.74. The van der Waals surface area contributed by atoms with Gasteiger partial charge in [-0.1, -0.05) is 37.8 Å². The molecule has 0 aromatic heterocycles. The van der Waals surface area contributed by atoms with Crippen LogP contribution in [0.3, 0.4) is 0 Å². The third-order valence-electron chi connectivity index (χ3n) is 3.41. The van der Waals surface area contributed by atoms with Crippen molar-refractivity contribution in [3.63, 3.8) is 0 Å². The van der Waals surface area contributed by atoms with Crippen LogP contribution >= 0.6 is 0 Å². The lowest BCUT2D eigenvalue weighted by molar-refractivity contribution is -0.122. The van der Waals surface area contributed by atoms with Gasteiger partial charge in [-0.15, -0.1) is 0 Å². The molecule has 98 valence electrons. The molecule has 5 heteroatoms. The molecule has 0 aromatic carbocycles. The number of nitrogens with two attached hydrogens (primary N) is 1. The molecule has 1 aliphatic carbocycles. The van der Waals surface area contributed by atoms with E-state index in [1.54, 1.807) is 0 Å². The molecule has 0 aliphatic heterocycles. The molecular weight excluding hydrogens is 218 g/mol. The monoisotopic (exact) mass is 241 g/mol. The predicted molar refractivity (Wildman–Crippen MR) is 66.9 cm³/mol. The van der Waals surface area contributed by atoms with Crippen LogP contribution in [0.5, 0.6) is 0 Å². The van der Waals surface area contributed by atoms with Crippen molar-refractivity contribution in [2.45, 2.75) is 63.8 Å². The molecular formula is C12H23N3O2. The molecule has 1 aliphatic rings. The van der Waals surface area contributed by atoms with E-state index < -0.39 is 5.54 Å². The smallest absolute Gasteiger partial charge is 0.220 e. The van der Waals surface area contributed by atoms with Gasteiger partial charge in [-0.25, -0.2) is 0 Å². The Labute approximate surface area is 102 Å². The van der Waals surface area contributed by atoms with Crippen molar-refractivity contribution in [2.24, 2.45) is 10.9 Å². The van der Waals surface area contributed by atoms with Crippen LogP contribution in [0.4, 0.5) is 0 Å². The van der Waals surface area contributed by atoms with Gasteiger partial charge in [-0.05, 0) is 19.3 Å². The number of amides is 1. The molecule has 17 heavy (non-hydrogen) atoms. The lowest BCUT2D eigenvalue weighted by Gasteiger charge is -2.32. The standard InChI is InChI=1S/C12H23N3O2/c1-2-7-10(16)14-12(11(13)15-17)8-5-3-4-6-9-12/h17H,2-9H2,1H3,(H2,13,15)(H,14,16). The number of rotatable bonds is 4. The summed E-state index contributed by atoms with van der Waals surface area (Å²) in [6, 6.07) is 0. The summed E-state index contributed by atoms with van der Waals surface area (Å²) in [4.78, 5) is 11.7. The van der Waals surface area contributed by atoms with E-state index in [0.29, 0.717) is 6.42 Å². The van der Waals surface area contributed by atoms with Crippen LogP contribution < -0.4 is 11.1 Å². The van der Waals surface area contributed by atoms with Gasteiger partial charge in [0.05, 0.1) is 0 Å². The Kier molecular flexibility index (Phi) is 5.25. The SMILES string of the molecule is CCCC(=O)NC1(/C(N)=N/O)CCCCCC1. The number of oxime groups is 1. The largest absolute Gasteiger partial charge is 0.409 e. The van der Waals surface area contributed by atoms with Crippen LogP contribution in [-0.4, -0.2) is 22.5 Å². The van der Waals surface area contributed by atoms with Gasteiger partial charge in [-0.3, -0.25) is 4.79 Å². The number of hydrogen-bond donors (Lipinski definition) is 3. The van der Waals surface area contributed by atoms with Crippen molar-refractivity contribution in [1.82, 2.24) is 5.32 Å². The maximum atomic E-state index is 11.7. The fourth-order valence-corrected chi connectivity index (χ4v) is 2.43. The molecule has 4 N–H and O–H groups in total. The van der Waals surface area contributed by atoms with Crippen LogP contribution in [0.15, 0.2) is 5.16 Å². The van der Waals surface area contributed by atoms with E-state index in [2.05, 4.69) is 10.5 Å². The average molecular weight is 241 g/mol. The van der Waals surface area contributed by atoms with Crippen molar-refractivity contribution < 1.29 is 10.0 Å². The van der Waals surface area contributed by atoms with Crippen LogP contribution in [0, 0.1) is 0 Å². The Balaban J connectivity index is 2.80. The van der Waals surface area contributed by atoms with Gasteiger partial charge < -0.3 is 16.3 Å². The van der Waals surface area contributed by atoms with Gasteiger partial charge in [-0.2, -0.15) is 0 Å². The molecule has 0 heterocycles. The zero-order valence-electron chi connectivity index (χ0n) is 10.5. The summed E-state index contributed by atoms with van der Waals surface area (Å²) in [7, 11) is 0. The minimum atomic E-state index is -0.627. The molecule has 0 aromatic rings. The fraction of sp³-hybridized carbons (Fsp3) is 0.833. The molecule has 0 radical (unpaired) electrons. The van der Waals surface area contributed by atoms with Crippen LogP contribution in [0.25, 0.3) is 0 Å². The summed E-state index contributed by atoms with van der Waals surface area (Å²) >= 11 is 0. The van der Waals surface area contributed by atoms with E-state index in [1.165, 1.54) is 0 Å². The Bertz CT molecular complexity index is 281. The van der Waals surface area contributed by atoms with Crippen molar-refractivity contribution in [3.8, 4) is 0 Å². The van der Waals surface area contributed by atoms with Crippen molar-refractivity contribution in [2.75, 3.05) is 0 Å². The molecule has 1 amide bonds. The number of nitrogens with zero attached hydrogens (tertiary/aromatic N) is 1. The zero-order chi connectivity index (χ0) is 12.7. The molecule has 1 fully saturated rings. The summed E-state index contributed by atoms with van der Waals surface area (Å²) in [6.45, 7) is 1.96. The first kappa shape index (κ1) is 13.8. The van der Waals surface area contributed by atoms with Crippen molar-refractivity contribution in [3.05, 3.63) is 0 Å². The maximum Gasteiger partial charge on any atom is 0.220 e. The highest BCUT2D eigenvalue weighted by molar-refractivity contribution is 5.93. The van der Waals surface area contributed by atoms with E-state index in [-0.39, 0.29) is 11.7 Å². The molecule has 0 saturated heterocycles. The number of carbonyl (C=O) groups is 1. The number of carbonyl (C=O) groups excluding carboxylic acids is 1. The Hall–Kier alpha value is -1.26. The van der Waals surface area contributed by atoms with E-state index in [9.17, 15) is 4.79 Å². The lowest BCUT2D eigenvalue weighted by Crippen LogP contribution is -2.57. The highest BCUT2D eigenvalue weighted by Gasteiger charge is 2.36. The zero-order valence-corrected chi connectivity index (χ0v) is 10.5. The fourth-order valence-electron chi connectivity index (χ4n) is 2.43. The van der Waals surface area contributed by atoms with Gasteiger partial charge in [0.15, 0.2) is 5.84 Å². The molecule has 5 nitrogen and oxygen atoms in total. The molecule has 1 saturated carbocycles. The van der Waals surface area contributed by atoms with E-state index in [1.807, 2.05) is 6.92 Å². The van der Waals surface area contributed by atoms with Crippen molar-refractivity contribution >= 4 is 11.7 Å². The second kappa shape index (κ2) is 6.47. The molecule has 0 atom stereocenters. The second-order valence-corrected chi connectivity index (χ2v) is 4.78. The van der Waals surface area contributed by atoms with E-state index in [0.717, 1.165) is 44.9 Å². The van der Waals surface area contributed by atoms with Crippen molar-refractivity contribution in [1.29, 1.82) is 0 Å². The molecule has 0 unspecified atom stereocenters. The van der Waals surface area contributed by atoms with E-state index >= 15 is 0 Å². The van der Waals surface area contributed by atoms with Gasteiger partial charge >= 0.3 is 0 Å².